The number of ether oxygens (including phenoxy) is 2. The second kappa shape index (κ2) is 11.2. The van der Waals surface area contributed by atoms with E-state index in [4.69, 9.17) is 9.47 Å². The highest BCUT2D eigenvalue weighted by molar-refractivity contribution is 5.76. The lowest BCUT2D eigenvalue weighted by Crippen LogP contribution is -2.35. The summed E-state index contributed by atoms with van der Waals surface area (Å²) in [5.74, 6) is 1.95. The maximum atomic E-state index is 12.4. The summed E-state index contributed by atoms with van der Waals surface area (Å²) in [6, 6.07) is 6.09. The average molecular weight is 363 g/mol. The van der Waals surface area contributed by atoms with Crippen LogP contribution in [0.3, 0.4) is 0 Å². The highest BCUT2D eigenvalue weighted by Crippen LogP contribution is 2.23. The first-order valence-corrected chi connectivity index (χ1v) is 9.87. The van der Waals surface area contributed by atoms with Crippen LogP contribution in [0.25, 0.3) is 0 Å². The Bertz CT molecular complexity index is 556. The molecule has 0 radical (unpaired) electrons. The van der Waals surface area contributed by atoms with Gasteiger partial charge in [0, 0.05) is 25.1 Å². The van der Waals surface area contributed by atoms with Crippen LogP contribution in [0.2, 0.25) is 0 Å². The Morgan fingerprint density at radius 3 is 2.96 bits per heavy atom. The van der Waals surface area contributed by atoms with Gasteiger partial charge in [-0.1, -0.05) is 19.1 Å². The number of piperidine rings is 1. The second-order valence-electron chi connectivity index (χ2n) is 7.22. The standard InChI is InChI=1S/C21H34N2O3/c1-4-25-10-11-26-20-12-16(2)7-8-19(20)15-23-21(24)13-17(3)18-6-5-9-22-14-18/h7-8,12,17-18,22H,4-6,9-11,13-15H2,1-3H3,(H,23,24). The Hall–Kier alpha value is -1.59. The number of amides is 1. The molecule has 0 bridgehead atoms. The first-order valence-electron chi connectivity index (χ1n) is 9.87. The molecule has 2 rings (SSSR count). The smallest absolute Gasteiger partial charge is 0.220 e. The molecule has 1 aliphatic heterocycles. The Kier molecular flexibility index (Phi) is 8.92. The summed E-state index contributed by atoms with van der Waals surface area (Å²) < 4.78 is 11.2. The molecule has 146 valence electrons. The topological polar surface area (TPSA) is 59.6 Å². The van der Waals surface area contributed by atoms with Crippen LogP contribution >= 0.6 is 0 Å². The maximum Gasteiger partial charge on any atom is 0.220 e. The van der Waals surface area contributed by atoms with E-state index >= 15 is 0 Å². The van der Waals surface area contributed by atoms with Crippen LogP contribution in [0.5, 0.6) is 5.75 Å². The molecule has 2 N–H and O–H groups in total. The van der Waals surface area contributed by atoms with Gasteiger partial charge in [-0.3, -0.25) is 4.79 Å². The number of carbonyl (C=O) groups is 1. The van der Waals surface area contributed by atoms with E-state index in [9.17, 15) is 4.79 Å². The molecule has 1 aliphatic rings. The van der Waals surface area contributed by atoms with Crippen LogP contribution in [0.4, 0.5) is 0 Å². The lowest BCUT2D eigenvalue weighted by Gasteiger charge is -2.28. The van der Waals surface area contributed by atoms with E-state index in [2.05, 4.69) is 17.6 Å². The van der Waals surface area contributed by atoms with Gasteiger partial charge in [-0.25, -0.2) is 0 Å². The van der Waals surface area contributed by atoms with Gasteiger partial charge < -0.3 is 20.1 Å². The predicted molar refractivity (Wildman–Crippen MR) is 104 cm³/mol. The molecule has 0 saturated carbocycles. The van der Waals surface area contributed by atoms with Crippen LogP contribution in [-0.4, -0.2) is 38.8 Å². The first kappa shape index (κ1) is 20.7. The van der Waals surface area contributed by atoms with Crippen LogP contribution < -0.4 is 15.4 Å². The fourth-order valence-electron chi connectivity index (χ4n) is 3.39. The Balaban J connectivity index is 1.82. The molecule has 1 aromatic rings. The molecule has 1 saturated heterocycles. The molecule has 1 aromatic carbocycles. The minimum absolute atomic E-state index is 0.115. The van der Waals surface area contributed by atoms with Gasteiger partial charge in [0.25, 0.3) is 0 Å². The normalized spacial score (nSPS) is 18.3. The van der Waals surface area contributed by atoms with Gasteiger partial charge in [0.2, 0.25) is 5.91 Å². The number of aryl methyl sites for hydroxylation is 1. The average Bonchev–Trinajstić information content (AvgIpc) is 2.65. The van der Waals surface area contributed by atoms with E-state index in [0.717, 1.165) is 30.0 Å². The highest BCUT2D eigenvalue weighted by atomic mass is 16.5. The van der Waals surface area contributed by atoms with Gasteiger partial charge in [-0.05, 0) is 63.2 Å². The Labute approximate surface area is 157 Å². The monoisotopic (exact) mass is 362 g/mol. The summed E-state index contributed by atoms with van der Waals surface area (Å²) in [6.07, 6.45) is 3.01. The molecule has 5 heteroatoms. The molecular formula is C21H34N2O3. The fraction of sp³-hybridized carbons (Fsp3) is 0.667. The molecule has 2 atom stereocenters. The van der Waals surface area contributed by atoms with Gasteiger partial charge in [-0.2, -0.15) is 0 Å². The van der Waals surface area contributed by atoms with Crippen molar-refractivity contribution in [3.8, 4) is 5.75 Å². The van der Waals surface area contributed by atoms with Crippen LogP contribution in [-0.2, 0) is 16.1 Å². The molecule has 1 amide bonds. The SMILES string of the molecule is CCOCCOc1cc(C)ccc1CNC(=O)CC(C)C1CCCNC1. The van der Waals surface area contributed by atoms with Crippen molar-refractivity contribution in [2.24, 2.45) is 11.8 Å². The largest absolute Gasteiger partial charge is 0.491 e. The van der Waals surface area contributed by atoms with E-state index in [0.29, 0.717) is 44.6 Å². The van der Waals surface area contributed by atoms with Gasteiger partial charge in [0.15, 0.2) is 0 Å². The number of nitrogens with one attached hydrogen (secondary N) is 2. The van der Waals surface area contributed by atoms with Crippen molar-refractivity contribution in [3.63, 3.8) is 0 Å². The quantitative estimate of drug-likeness (QED) is 0.628. The minimum Gasteiger partial charge on any atom is -0.491 e. The fourth-order valence-corrected chi connectivity index (χ4v) is 3.39. The van der Waals surface area contributed by atoms with Crippen molar-refractivity contribution in [2.75, 3.05) is 32.9 Å². The van der Waals surface area contributed by atoms with E-state index < -0.39 is 0 Å². The molecule has 1 fully saturated rings. The number of rotatable bonds is 10. The molecule has 0 aromatic heterocycles. The van der Waals surface area contributed by atoms with Crippen LogP contribution in [0.1, 0.15) is 44.2 Å². The summed E-state index contributed by atoms with van der Waals surface area (Å²) in [6.45, 7) is 10.6. The minimum atomic E-state index is 0.115. The highest BCUT2D eigenvalue weighted by Gasteiger charge is 2.22. The van der Waals surface area contributed by atoms with Crippen molar-refractivity contribution in [2.45, 2.75) is 46.6 Å². The van der Waals surface area contributed by atoms with E-state index in [-0.39, 0.29) is 5.91 Å². The summed E-state index contributed by atoms with van der Waals surface area (Å²) in [5, 5.41) is 6.49. The zero-order valence-electron chi connectivity index (χ0n) is 16.5. The molecule has 2 unspecified atom stereocenters. The Morgan fingerprint density at radius 1 is 1.38 bits per heavy atom. The van der Waals surface area contributed by atoms with Gasteiger partial charge in [-0.15, -0.1) is 0 Å². The van der Waals surface area contributed by atoms with Crippen LogP contribution in [0.15, 0.2) is 18.2 Å². The number of carbonyl (C=O) groups excluding carboxylic acids is 1. The summed E-state index contributed by atoms with van der Waals surface area (Å²) in [4.78, 5) is 12.4. The molecule has 0 spiro atoms. The van der Waals surface area contributed by atoms with E-state index in [1.807, 2.05) is 32.0 Å². The summed E-state index contributed by atoms with van der Waals surface area (Å²) >= 11 is 0. The molecule has 1 heterocycles. The number of hydrogen-bond donors (Lipinski definition) is 2. The van der Waals surface area contributed by atoms with Crippen molar-refractivity contribution < 1.29 is 14.3 Å². The number of benzene rings is 1. The van der Waals surface area contributed by atoms with Crippen molar-refractivity contribution in [3.05, 3.63) is 29.3 Å². The summed E-state index contributed by atoms with van der Waals surface area (Å²) in [7, 11) is 0. The van der Waals surface area contributed by atoms with Gasteiger partial charge >= 0.3 is 0 Å². The maximum absolute atomic E-state index is 12.4. The van der Waals surface area contributed by atoms with E-state index in [1.54, 1.807) is 0 Å². The molecular weight excluding hydrogens is 328 g/mol. The third kappa shape index (κ3) is 6.96. The van der Waals surface area contributed by atoms with E-state index in [1.165, 1.54) is 12.8 Å². The molecule has 26 heavy (non-hydrogen) atoms. The zero-order valence-corrected chi connectivity index (χ0v) is 16.5. The molecule has 5 nitrogen and oxygen atoms in total. The lowest BCUT2D eigenvalue weighted by molar-refractivity contribution is -0.122. The third-order valence-corrected chi connectivity index (χ3v) is 5.04. The third-order valence-electron chi connectivity index (χ3n) is 5.04. The number of hydrogen-bond acceptors (Lipinski definition) is 4. The summed E-state index contributed by atoms with van der Waals surface area (Å²) in [5.41, 5.74) is 2.15. The lowest BCUT2D eigenvalue weighted by atomic mass is 9.85. The van der Waals surface area contributed by atoms with Gasteiger partial charge in [0.1, 0.15) is 12.4 Å². The second-order valence-corrected chi connectivity index (χ2v) is 7.22. The first-order chi connectivity index (χ1) is 12.6. The van der Waals surface area contributed by atoms with Crippen molar-refractivity contribution >= 4 is 5.91 Å². The molecule has 0 aliphatic carbocycles. The zero-order chi connectivity index (χ0) is 18.8. The van der Waals surface area contributed by atoms with Crippen molar-refractivity contribution in [1.82, 2.24) is 10.6 Å². The predicted octanol–water partition coefficient (Wildman–Crippen LogP) is 3.05. The Morgan fingerprint density at radius 2 is 2.23 bits per heavy atom. The van der Waals surface area contributed by atoms with Gasteiger partial charge in [0.05, 0.1) is 6.61 Å². The van der Waals surface area contributed by atoms with Crippen LogP contribution in [0, 0.1) is 18.8 Å². The van der Waals surface area contributed by atoms with Crippen molar-refractivity contribution in [1.29, 1.82) is 0 Å².